The fourth-order valence-corrected chi connectivity index (χ4v) is 3.09. The third-order valence-electron chi connectivity index (χ3n) is 4.75. The number of aliphatic imine (C=N–C) groups is 1. The quantitative estimate of drug-likeness (QED) is 0.0414. The van der Waals surface area contributed by atoms with Crippen LogP contribution in [0.25, 0.3) is 0 Å². The Bertz CT molecular complexity index is 775. The molecule has 0 radical (unpaired) electrons. The summed E-state index contributed by atoms with van der Waals surface area (Å²) in [6.45, 7) is 3.83. The number of primary amides is 1. The number of thiol groups is 1. The fourth-order valence-electron chi connectivity index (χ4n) is 2.93. The molecule has 0 bridgehead atoms. The van der Waals surface area contributed by atoms with Crippen LogP contribution >= 0.6 is 12.6 Å². The molecular formula is C20H38N8O6S. The molecule has 0 heterocycles. The SMILES string of the molecule is CC(C)CC(NC(=O)C(CCCN=C(N)N)NC(=O)C(N)CS)C(=O)NC(CCC(N)=O)C(=O)O. The van der Waals surface area contributed by atoms with Crippen LogP contribution in [-0.2, 0) is 24.0 Å². The lowest BCUT2D eigenvalue weighted by atomic mass is 10.0. The Morgan fingerprint density at radius 1 is 0.886 bits per heavy atom. The summed E-state index contributed by atoms with van der Waals surface area (Å²) in [5.41, 5.74) is 21.3. The van der Waals surface area contributed by atoms with E-state index in [1.54, 1.807) is 0 Å². The highest BCUT2D eigenvalue weighted by Gasteiger charge is 2.30. The van der Waals surface area contributed by atoms with Gasteiger partial charge < -0.3 is 44.0 Å². The molecule has 0 spiro atoms. The maximum absolute atomic E-state index is 13.0. The van der Waals surface area contributed by atoms with E-state index in [-0.39, 0.29) is 49.9 Å². The molecule has 35 heavy (non-hydrogen) atoms. The molecule has 0 aliphatic heterocycles. The number of hydrogen-bond acceptors (Lipinski definition) is 8. The smallest absolute Gasteiger partial charge is 0.326 e. The number of carbonyl (C=O) groups is 5. The third-order valence-corrected chi connectivity index (χ3v) is 5.14. The van der Waals surface area contributed by atoms with Crippen LogP contribution in [0.3, 0.4) is 0 Å². The minimum atomic E-state index is -1.37. The zero-order valence-electron chi connectivity index (χ0n) is 20.0. The Hall–Kier alpha value is -3.07. The van der Waals surface area contributed by atoms with Gasteiger partial charge in [-0.15, -0.1) is 0 Å². The monoisotopic (exact) mass is 518 g/mol. The first-order valence-corrected chi connectivity index (χ1v) is 11.8. The van der Waals surface area contributed by atoms with Crippen molar-refractivity contribution in [2.24, 2.45) is 33.8 Å². The summed E-state index contributed by atoms with van der Waals surface area (Å²) in [5.74, 6) is -4.20. The lowest BCUT2D eigenvalue weighted by molar-refractivity contribution is -0.142. The fraction of sp³-hybridized carbons (Fsp3) is 0.700. The van der Waals surface area contributed by atoms with E-state index in [1.807, 2.05) is 13.8 Å². The van der Waals surface area contributed by atoms with Crippen LogP contribution in [0.5, 0.6) is 0 Å². The predicted octanol–water partition coefficient (Wildman–Crippen LogP) is -2.85. The second-order valence-electron chi connectivity index (χ2n) is 8.39. The minimum absolute atomic E-state index is 0.0486. The summed E-state index contributed by atoms with van der Waals surface area (Å²) < 4.78 is 0. The maximum Gasteiger partial charge on any atom is 0.326 e. The number of nitrogens with zero attached hydrogens (tertiary/aromatic N) is 1. The van der Waals surface area contributed by atoms with Gasteiger partial charge in [0.2, 0.25) is 23.6 Å². The van der Waals surface area contributed by atoms with E-state index in [0.717, 1.165) is 0 Å². The summed E-state index contributed by atoms with van der Waals surface area (Å²) >= 11 is 3.97. The first-order chi connectivity index (χ1) is 16.3. The van der Waals surface area contributed by atoms with Crippen LogP contribution in [-0.4, -0.2) is 77.1 Å². The predicted molar refractivity (Wildman–Crippen MR) is 133 cm³/mol. The average molecular weight is 519 g/mol. The Labute approximate surface area is 209 Å². The van der Waals surface area contributed by atoms with E-state index < -0.39 is 53.8 Å². The van der Waals surface area contributed by atoms with E-state index in [0.29, 0.717) is 6.42 Å². The molecule has 0 fully saturated rings. The third kappa shape index (κ3) is 14.0. The van der Waals surface area contributed by atoms with Crippen molar-refractivity contribution >= 4 is 48.2 Å². The zero-order chi connectivity index (χ0) is 27.1. The molecule has 14 nitrogen and oxygen atoms in total. The molecule has 4 unspecified atom stereocenters. The molecule has 12 N–H and O–H groups in total. The number of hydrogen-bond donors (Lipinski definition) is 9. The van der Waals surface area contributed by atoms with Crippen LogP contribution in [0.15, 0.2) is 4.99 Å². The summed E-state index contributed by atoms with van der Waals surface area (Å²) in [7, 11) is 0. The van der Waals surface area contributed by atoms with E-state index >= 15 is 0 Å². The maximum atomic E-state index is 13.0. The Morgan fingerprint density at radius 3 is 1.91 bits per heavy atom. The van der Waals surface area contributed by atoms with Crippen LogP contribution in [0.1, 0.15) is 46.0 Å². The van der Waals surface area contributed by atoms with Crippen molar-refractivity contribution in [3.63, 3.8) is 0 Å². The first kappa shape index (κ1) is 31.9. The van der Waals surface area contributed by atoms with E-state index in [9.17, 15) is 29.1 Å². The molecule has 4 amide bonds. The highest BCUT2D eigenvalue weighted by Crippen LogP contribution is 2.09. The van der Waals surface area contributed by atoms with Gasteiger partial charge in [0, 0.05) is 18.7 Å². The Balaban J connectivity index is 5.54. The van der Waals surface area contributed by atoms with Gasteiger partial charge in [0.15, 0.2) is 5.96 Å². The van der Waals surface area contributed by atoms with Gasteiger partial charge in [-0.3, -0.25) is 24.2 Å². The number of rotatable bonds is 17. The van der Waals surface area contributed by atoms with Crippen molar-refractivity contribution < 1.29 is 29.1 Å². The van der Waals surface area contributed by atoms with Gasteiger partial charge in [-0.25, -0.2) is 4.79 Å². The summed E-state index contributed by atoms with van der Waals surface area (Å²) in [5, 5.41) is 16.8. The number of guanidine groups is 1. The van der Waals surface area contributed by atoms with Crippen molar-refractivity contribution in [1.82, 2.24) is 16.0 Å². The van der Waals surface area contributed by atoms with Crippen molar-refractivity contribution in [3.8, 4) is 0 Å². The molecule has 15 heteroatoms. The molecule has 0 saturated heterocycles. The second-order valence-corrected chi connectivity index (χ2v) is 8.76. The molecular weight excluding hydrogens is 480 g/mol. The molecule has 200 valence electrons. The van der Waals surface area contributed by atoms with E-state index in [2.05, 4.69) is 33.6 Å². The molecule has 0 aliphatic carbocycles. The summed E-state index contributed by atoms with van der Waals surface area (Å²) in [4.78, 5) is 64.4. The van der Waals surface area contributed by atoms with Gasteiger partial charge in [-0.05, 0) is 31.6 Å². The van der Waals surface area contributed by atoms with Gasteiger partial charge in [0.05, 0.1) is 6.04 Å². The number of carboxylic acids is 1. The topological polar surface area (TPSA) is 258 Å². The van der Waals surface area contributed by atoms with E-state index in [4.69, 9.17) is 22.9 Å². The van der Waals surface area contributed by atoms with Crippen LogP contribution < -0.4 is 38.9 Å². The van der Waals surface area contributed by atoms with Crippen LogP contribution in [0, 0.1) is 5.92 Å². The minimum Gasteiger partial charge on any atom is -0.480 e. The van der Waals surface area contributed by atoms with Gasteiger partial charge >= 0.3 is 5.97 Å². The molecule has 0 saturated carbocycles. The zero-order valence-corrected chi connectivity index (χ0v) is 20.9. The van der Waals surface area contributed by atoms with Crippen molar-refractivity contribution in [2.45, 2.75) is 70.1 Å². The van der Waals surface area contributed by atoms with Crippen molar-refractivity contribution in [3.05, 3.63) is 0 Å². The second kappa shape index (κ2) is 16.5. The number of nitrogens with two attached hydrogens (primary N) is 4. The molecule has 0 aromatic rings. The molecule has 0 aromatic carbocycles. The lowest BCUT2D eigenvalue weighted by Gasteiger charge is -2.26. The highest BCUT2D eigenvalue weighted by molar-refractivity contribution is 7.80. The summed E-state index contributed by atoms with van der Waals surface area (Å²) in [6, 6.07) is -4.49. The standard InChI is InChI=1S/C20H38N8O6S/c1-10(2)8-14(18(32)27-13(19(33)34)5-6-15(22)29)28-17(31)12(4-3-7-25-20(23)24)26-16(30)11(21)9-35/h10-14,35H,3-9,21H2,1-2H3,(H2,22,29)(H,26,30)(H,27,32)(H,28,31)(H,33,34)(H4,23,24,25). The number of carbonyl (C=O) groups excluding carboxylic acids is 4. The molecule has 0 aromatic heterocycles. The molecule has 0 aliphatic rings. The van der Waals surface area contributed by atoms with E-state index in [1.165, 1.54) is 0 Å². The lowest BCUT2D eigenvalue weighted by Crippen LogP contribution is -2.57. The molecule has 4 atom stereocenters. The van der Waals surface area contributed by atoms with Crippen LogP contribution in [0.2, 0.25) is 0 Å². The van der Waals surface area contributed by atoms with Crippen molar-refractivity contribution in [1.29, 1.82) is 0 Å². The van der Waals surface area contributed by atoms with Crippen LogP contribution in [0.4, 0.5) is 0 Å². The Kier molecular flexibility index (Phi) is 15.1. The van der Waals surface area contributed by atoms with Gasteiger partial charge in [-0.1, -0.05) is 13.8 Å². The van der Waals surface area contributed by atoms with Gasteiger partial charge in [0.1, 0.15) is 18.1 Å². The number of aliphatic carboxylic acids is 1. The van der Waals surface area contributed by atoms with Gasteiger partial charge in [0.25, 0.3) is 0 Å². The average Bonchev–Trinajstić information content (AvgIpc) is 2.76. The van der Waals surface area contributed by atoms with Crippen molar-refractivity contribution in [2.75, 3.05) is 12.3 Å². The normalized spacial score (nSPS) is 14.2. The number of carboxylic acid groups (broad SMARTS) is 1. The highest BCUT2D eigenvalue weighted by atomic mass is 32.1. The largest absolute Gasteiger partial charge is 0.480 e. The van der Waals surface area contributed by atoms with Gasteiger partial charge in [-0.2, -0.15) is 12.6 Å². The number of amides is 4. The summed E-state index contributed by atoms with van der Waals surface area (Å²) in [6.07, 6.45) is 0.212. The number of nitrogens with one attached hydrogen (secondary N) is 3. The molecule has 0 rings (SSSR count). The Morgan fingerprint density at radius 2 is 1.43 bits per heavy atom. The first-order valence-electron chi connectivity index (χ1n) is 11.1.